The number of aliphatic hydroxyl groups excluding tert-OH is 8. The van der Waals surface area contributed by atoms with E-state index in [1.807, 2.05) is 0 Å². The van der Waals surface area contributed by atoms with Gasteiger partial charge in [0.25, 0.3) is 0 Å². The minimum Gasteiger partial charge on any atom is -0.394 e. The normalized spacial score (nSPS) is 26.9. The van der Waals surface area contributed by atoms with Gasteiger partial charge in [-0.3, -0.25) is 4.79 Å². The molecule has 0 saturated carbocycles. The molecule has 14 nitrogen and oxygen atoms in total. The predicted molar refractivity (Wildman–Crippen MR) is 254 cm³/mol. The Labute approximate surface area is 393 Å². The highest BCUT2D eigenvalue weighted by molar-refractivity contribution is 5.73. The van der Waals surface area contributed by atoms with Gasteiger partial charge in [-0.2, -0.15) is 0 Å². The molecule has 2 aliphatic heterocycles. The smallest absolute Gasteiger partial charge is 0.217 e. The Bertz CT molecular complexity index is 1100. The van der Waals surface area contributed by atoms with Gasteiger partial charge in [0.05, 0.1) is 32.0 Å². The molecule has 1 amide bonds. The van der Waals surface area contributed by atoms with Crippen molar-refractivity contribution in [3.8, 4) is 0 Å². The van der Waals surface area contributed by atoms with Crippen LogP contribution in [0.25, 0.3) is 0 Å². The molecule has 2 rings (SSSR count). The zero-order valence-electron chi connectivity index (χ0n) is 41.0. The first kappa shape index (κ1) is 60.1. The van der Waals surface area contributed by atoms with E-state index >= 15 is 0 Å². The molecule has 0 spiro atoms. The average molecular weight is 934 g/mol. The second kappa shape index (κ2) is 38.8. The minimum absolute atomic E-state index is 0.259. The molecule has 2 saturated heterocycles. The Balaban J connectivity index is 1.43. The van der Waals surface area contributed by atoms with Crippen LogP contribution in [-0.2, 0) is 23.7 Å². The molecule has 12 unspecified atom stereocenters. The summed E-state index contributed by atoms with van der Waals surface area (Å²) in [5, 5.41) is 85.3. The van der Waals surface area contributed by atoms with Crippen LogP contribution in [0.4, 0.5) is 0 Å². The Morgan fingerprint density at radius 2 is 0.846 bits per heavy atom. The van der Waals surface area contributed by atoms with Gasteiger partial charge in [0.1, 0.15) is 48.8 Å². The molecule has 386 valence electrons. The number of rotatable bonds is 42. The van der Waals surface area contributed by atoms with Gasteiger partial charge >= 0.3 is 0 Å². The molecule has 0 bridgehead atoms. The van der Waals surface area contributed by atoms with Crippen molar-refractivity contribution in [2.24, 2.45) is 0 Å². The van der Waals surface area contributed by atoms with Gasteiger partial charge < -0.3 is 65.1 Å². The van der Waals surface area contributed by atoms with Crippen molar-refractivity contribution in [1.29, 1.82) is 0 Å². The summed E-state index contributed by atoms with van der Waals surface area (Å²) in [7, 11) is 0. The third kappa shape index (κ3) is 26.5. The summed E-state index contributed by atoms with van der Waals surface area (Å²) in [6.07, 6.45) is 26.8. The van der Waals surface area contributed by atoms with E-state index in [4.69, 9.17) is 18.9 Å². The molecular weight excluding hydrogens is 835 g/mol. The number of carbonyl (C=O) groups is 1. The lowest BCUT2D eigenvalue weighted by molar-refractivity contribution is -0.359. The van der Waals surface area contributed by atoms with Crippen LogP contribution in [0.1, 0.15) is 226 Å². The van der Waals surface area contributed by atoms with Gasteiger partial charge in [-0.05, 0) is 6.42 Å². The fourth-order valence-electron chi connectivity index (χ4n) is 9.33. The molecule has 0 aliphatic carbocycles. The highest BCUT2D eigenvalue weighted by Gasteiger charge is 2.51. The number of hydrogen-bond acceptors (Lipinski definition) is 13. The Morgan fingerprint density at radius 3 is 1.22 bits per heavy atom. The van der Waals surface area contributed by atoms with Gasteiger partial charge in [-0.25, -0.2) is 0 Å². The van der Waals surface area contributed by atoms with Crippen molar-refractivity contribution in [1.82, 2.24) is 5.32 Å². The maximum Gasteiger partial charge on any atom is 0.217 e. The van der Waals surface area contributed by atoms with Crippen LogP contribution in [0.5, 0.6) is 0 Å². The van der Waals surface area contributed by atoms with Crippen LogP contribution in [-0.4, -0.2) is 140 Å². The predicted octanol–water partition coefficient (Wildman–Crippen LogP) is 7.39. The lowest BCUT2D eigenvalue weighted by Gasteiger charge is -2.46. The van der Waals surface area contributed by atoms with Gasteiger partial charge in [-0.1, -0.05) is 212 Å². The summed E-state index contributed by atoms with van der Waals surface area (Å²) in [6.45, 7) is 1.95. The van der Waals surface area contributed by atoms with Gasteiger partial charge in [0.15, 0.2) is 12.6 Å². The third-order valence-electron chi connectivity index (χ3n) is 13.6. The number of unbranched alkanes of at least 4 members (excludes halogenated alkanes) is 31. The summed E-state index contributed by atoms with van der Waals surface area (Å²) in [5.74, 6) is -0.380. The fourth-order valence-corrected chi connectivity index (χ4v) is 9.33. The van der Waals surface area contributed by atoms with Crippen LogP contribution in [0, 0.1) is 0 Å². The highest BCUT2D eigenvalue weighted by Crippen LogP contribution is 2.30. The molecule has 0 radical (unpaired) electrons. The Kier molecular flexibility index (Phi) is 35.9. The van der Waals surface area contributed by atoms with Crippen molar-refractivity contribution in [2.45, 2.75) is 299 Å². The molecule has 2 aliphatic rings. The van der Waals surface area contributed by atoms with Crippen LogP contribution in [0.3, 0.4) is 0 Å². The first-order valence-corrected chi connectivity index (χ1v) is 26.7. The van der Waals surface area contributed by atoms with Crippen molar-refractivity contribution in [3.63, 3.8) is 0 Å². The second-order valence-corrected chi connectivity index (χ2v) is 19.5. The van der Waals surface area contributed by atoms with Gasteiger partial charge in [-0.15, -0.1) is 0 Å². The summed E-state index contributed by atoms with van der Waals surface area (Å²) >= 11 is 0. The van der Waals surface area contributed by atoms with Crippen molar-refractivity contribution >= 4 is 5.91 Å². The second-order valence-electron chi connectivity index (χ2n) is 19.5. The standard InChI is InChI=1S/C51H99NO13/c1-3-4-5-6-7-8-9-10-11-12-13-14-15-16-17-18-19-20-21-22-23-24-25-26-27-28-29-30-31-32-33-34-35-41(56)40(52-39(2)55)38-62-50-48(61)46(59)49(43(37-54)64-50)65-51-47(60)45(58)44(57)42(36-53)63-51/h40-51,53-54,56-61H,3-38H2,1-2H3,(H,52,55). The van der Waals surface area contributed by atoms with E-state index in [0.717, 1.165) is 25.7 Å². The molecule has 2 fully saturated rings. The zero-order chi connectivity index (χ0) is 47.5. The first-order valence-electron chi connectivity index (χ1n) is 26.7. The molecule has 12 atom stereocenters. The van der Waals surface area contributed by atoms with Crippen LogP contribution >= 0.6 is 0 Å². The quantitative estimate of drug-likeness (QED) is 0.0273. The van der Waals surface area contributed by atoms with Crippen molar-refractivity contribution in [2.75, 3.05) is 19.8 Å². The van der Waals surface area contributed by atoms with E-state index < -0.39 is 86.8 Å². The fraction of sp³-hybridized carbons (Fsp3) is 0.980. The van der Waals surface area contributed by atoms with E-state index in [1.54, 1.807) is 0 Å². The maximum absolute atomic E-state index is 12.0. The SMILES string of the molecule is CCCCCCCCCCCCCCCCCCCCCCCCCCCCCCCCCCC(O)C(COC1OC(CO)C(OC2OC(CO)C(O)C(O)C2O)C(O)C1O)NC(C)=O. The van der Waals surface area contributed by atoms with E-state index in [-0.39, 0.29) is 12.5 Å². The molecule has 0 aromatic rings. The topological polar surface area (TPSA) is 228 Å². The van der Waals surface area contributed by atoms with E-state index in [2.05, 4.69) is 12.2 Å². The first-order chi connectivity index (χ1) is 31.5. The summed E-state index contributed by atoms with van der Waals surface area (Å²) in [4.78, 5) is 12.0. The van der Waals surface area contributed by atoms with Gasteiger partial charge in [0.2, 0.25) is 5.91 Å². The lowest BCUT2D eigenvalue weighted by atomic mass is 9.97. The molecule has 65 heavy (non-hydrogen) atoms. The molecule has 0 aromatic carbocycles. The number of hydrogen-bond donors (Lipinski definition) is 9. The summed E-state index contributed by atoms with van der Waals surface area (Å²) < 4.78 is 22.3. The lowest BCUT2D eigenvalue weighted by Crippen LogP contribution is -2.65. The number of ether oxygens (including phenoxy) is 4. The zero-order valence-corrected chi connectivity index (χ0v) is 41.0. The van der Waals surface area contributed by atoms with Crippen LogP contribution in [0.15, 0.2) is 0 Å². The number of aliphatic hydroxyl groups is 8. The third-order valence-corrected chi connectivity index (χ3v) is 13.6. The number of nitrogens with one attached hydrogen (secondary N) is 1. The van der Waals surface area contributed by atoms with Gasteiger partial charge in [0, 0.05) is 6.92 Å². The van der Waals surface area contributed by atoms with E-state index in [1.165, 1.54) is 187 Å². The molecule has 14 heteroatoms. The maximum atomic E-state index is 12.0. The molecular formula is C51H99NO13. The monoisotopic (exact) mass is 934 g/mol. The van der Waals surface area contributed by atoms with Crippen molar-refractivity contribution < 1.29 is 64.6 Å². The van der Waals surface area contributed by atoms with Crippen LogP contribution < -0.4 is 5.32 Å². The molecule has 9 N–H and O–H groups in total. The average Bonchev–Trinajstić information content (AvgIpc) is 3.29. The highest BCUT2D eigenvalue weighted by atomic mass is 16.7. The largest absolute Gasteiger partial charge is 0.394 e. The number of amides is 1. The molecule has 2 heterocycles. The van der Waals surface area contributed by atoms with Crippen LogP contribution in [0.2, 0.25) is 0 Å². The Morgan fingerprint density at radius 1 is 0.492 bits per heavy atom. The summed E-state index contributed by atoms with van der Waals surface area (Å²) in [6, 6.07) is -0.825. The van der Waals surface area contributed by atoms with E-state index in [0.29, 0.717) is 6.42 Å². The van der Waals surface area contributed by atoms with Crippen molar-refractivity contribution in [3.05, 3.63) is 0 Å². The summed E-state index contributed by atoms with van der Waals surface area (Å²) in [5.41, 5.74) is 0. The van der Waals surface area contributed by atoms with E-state index in [9.17, 15) is 45.6 Å². The minimum atomic E-state index is -1.78. The Hall–Kier alpha value is -1.01. The molecule has 0 aromatic heterocycles. The number of carbonyl (C=O) groups excluding carboxylic acids is 1.